The second-order valence-corrected chi connectivity index (χ2v) is 6.82. The van der Waals surface area contributed by atoms with Gasteiger partial charge >= 0.3 is 0 Å². The summed E-state index contributed by atoms with van der Waals surface area (Å²) in [5, 5.41) is 1.76. The number of rotatable bonds is 3. The molecule has 2 aromatic carbocycles. The fraction of sp³-hybridized carbons (Fsp3) is 0.286. The van der Waals surface area contributed by atoms with Crippen LogP contribution in [-0.4, -0.2) is 23.0 Å². The second-order valence-electron chi connectivity index (χ2n) is 6.82. The molecule has 0 amide bonds. The van der Waals surface area contributed by atoms with Crippen molar-refractivity contribution in [3.05, 3.63) is 82.0 Å². The van der Waals surface area contributed by atoms with Crippen LogP contribution in [0, 0.1) is 5.82 Å². The number of hydrogen-bond donors (Lipinski definition) is 1. The van der Waals surface area contributed by atoms with Gasteiger partial charge in [-0.15, -0.1) is 0 Å². The van der Waals surface area contributed by atoms with Crippen molar-refractivity contribution in [3.63, 3.8) is 0 Å². The third kappa shape index (κ3) is 3.49. The number of benzene rings is 2. The highest BCUT2D eigenvalue weighted by atomic mass is 19.1. The van der Waals surface area contributed by atoms with Gasteiger partial charge < -0.3 is 4.98 Å². The number of H-pyrrole nitrogens is 1. The number of hydrogen-bond acceptors (Lipinski definition) is 2. The molecule has 128 valence electrons. The largest absolute Gasteiger partial charge is 0.325 e. The zero-order valence-electron chi connectivity index (χ0n) is 14.0. The smallest absolute Gasteiger partial charge is 0.256 e. The van der Waals surface area contributed by atoms with Gasteiger partial charge in [-0.3, -0.25) is 9.69 Å². The van der Waals surface area contributed by atoms with Crippen molar-refractivity contribution >= 4 is 10.8 Å². The molecule has 0 spiro atoms. The van der Waals surface area contributed by atoms with Gasteiger partial charge in [0.15, 0.2) is 0 Å². The highest BCUT2D eigenvalue weighted by Gasteiger charge is 2.21. The van der Waals surface area contributed by atoms with E-state index in [4.69, 9.17) is 0 Å². The minimum absolute atomic E-state index is 0.00171. The van der Waals surface area contributed by atoms with Crippen LogP contribution < -0.4 is 5.56 Å². The van der Waals surface area contributed by atoms with E-state index in [-0.39, 0.29) is 11.4 Å². The maximum atomic E-state index is 13.0. The Morgan fingerprint density at radius 3 is 2.52 bits per heavy atom. The first kappa shape index (κ1) is 16.0. The van der Waals surface area contributed by atoms with Gasteiger partial charge in [0.25, 0.3) is 5.56 Å². The van der Waals surface area contributed by atoms with Crippen molar-refractivity contribution in [2.24, 2.45) is 0 Å². The van der Waals surface area contributed by atoms with E-state index >= 15 is 0 Å². The maximum absolute atomic E-state index is 13.0. The zero-order chi connectivity index (χ0) is 17.2. The summed E-state index contributed by atoms with van der Waals surface area (Å²) in [5.74, 6) is 0.199. The lowest BCUT2D eigenvalue weighted by Crippen LogP contribution is -2.33. The Balaban J connectivity index is 1.45. The lowest BCUT2D eigenvalue weighted by Gasteiger charge is -2.32. The van der Waals surface area contributed by atoms with E-state index in [0.717, 1.165) is 54.5 Å². The quantitative estimate of drug-likeness (QED) is 0.783. The third-order valence-corrected chi connectivity index (χ3v) is 5.12. The summed E-state index contributed by atoms with van der Waals surface area (Å²) in [7, 11) is 0. The molecule has 0 saturated carbocycles. The molecule has 0 atom stereocenters. The summed E-state index contributed by atoms with van der Waals surface area (Å²) in [6.45, 7) is 2.81. The van der Waals surface area contributed by atoms with Crippen LogP contribution in [0.25, 0.3) is 10.8 Å². The van der Waals surface area contributed by atoms with E-state index in [2.05, 4.69) is 16.0 Å². The Hall–Kier alpha value is -2.46. The fourth-order valence-electron chi connectivity index (χ4n) is 3.70. The minimum atomic E-state index is -0.192. The molecule has 0 bridgehead atoms. The van der Waals surface area contributed by atoms with Crippen LogP contribution in [0.15, 0.2) is 59.4 Å². The summed E-state index contributed by atoms with van der Waals surface area (Å²) in [6, 6.07) is 16.6. The van der Waals surface area contributed by atoms with Crippen LogP contribution >= 0.6 is 0 Å². The number of piperidine rings is 1. The maximum Gasteiger partial charge on any atom is 0.256 e. The number of nitrogens with zero attached hydrogens (tertiary/aromatic N) is 1. The summed E-state index contributed by atoms with van der Waals surface area (Å²) < 4.78 is 13.0. The highest BCUT2D eigenvalue weighted by Crippen LogP contribution is 2.28. The Morgan fingerprint density at radius 1 is 1.04 bits per heavy atom. The fourth-order valence-corrected chi connectivity index (χ4v) is 3.70. The Bertz CT molecular complexity index is 925. The number of aromatic nitrogens is 1. The first-order valence-corrected chi connectivity index (χ1v) is 8.78. The van der Waals surface area contributed by atoms with E-state index in [1.807, 2.05) is 36.4 Å². The third-order valence-electron chi connectivity index (χ3n) is 5.12. The number of likely N-dealkylation sites (tertiary alicyclic amines) is 1. The molecule has 0 aliphatic carbocycles. The number of pyridine rings is 1. The topological polar surface area (TPSA) is 36.1 Å². The molecule has 1 aliphatic rings. The normalized spacial score (nSPS) is 16.4. The molecule has 3 aromatic rings. The molecule has 1 fully saturated rings. The lowest BCUT2D eigenvalue weighted by molar-refractivity contribution is 0.203. The van der Waals surface area contributed by atoms with Gasteiger partial charge in [0.2, 0.25) is 0 Å². The van der Waals surface area contributed by atoms with E-state index in [9.17, 15) is 9.18 Å². The van der Waals surface area contributed by atoms with Crippen LogP contribution in [0.4, 0.5) is 4.39 Å². The summed E-state index contributed by atoms with van der Waals surface area (Å²) in [4.78, 5) is 17.7. The van der Waals surface area contributed by atoms with E-state index in [0.29, 0.717) is 5.92 Å². The SMILES string of the molecule is O=c1[nH]c(C2CCN(Cc3ccc(F)cc3)CC2)cc2ccccc12. The molecule has 0 unspecified atom stereocenters. The summed E-state index contributed by atoms with van der Waals surface area (Å²) in [6.07, 6.45) is 2.05. The first-order valence-electron chi connectivity index (χ1n) is 8.78. The monoisotopic (exact) mass is 336 g/mol. The molecule has 25 heavy (non-hydrogen) atoms. The predicted molar refractivity (Wildman–Crippen MR) is 98.2 cm³/mol. The van der Waals surface area contributed by atoms with E-state index < -0.39 is 0 Å². The van der Waals surface area contributed by atoms with Gasteiger partial charge in [0.1, 0.15) is 5.82 Å². The van der Waals surface area contributed by atoms with Gasteiger partial charge in [-0.05, 0) is 61.1 Å². The number of halogens is 1. The Kier molecular flexibility index (Phi) is 4.36. The second kappa shape index (κ2) is 6.81. The van der Waals surface area contributed by atoms with Gasteiger partial charge in [0.05, 0.1) is 0 Å². The molecule has 1 saturated heterocycles. The average molecular weight is 336 g/mol. The predicted octanol–water partition coefficient (Wildman–Crippen LogP) is 4.05. The lowest BCUT2D eigenvalue weighted by atomic mass is 9.92. The van der Waals surface area contributed by atoms with Crippen LogP contribution in [0.3, 0.4) is 0 Å². The molecule has 2 heterocycles. The molecule has 4 rings (SSSR count). The number of nitrogens with one attached hydrogen (secondary N) is 1. The van der Waals surface area contributed by atoms with Crippen LogP contribution in [0.5, 0.6) is 0 Å². The van der Waals surface area contributed by atoms with Crippen molar-refractivity contribution in [1.82, 2.24) is 9.88 Å². The first-order chi connectivity index (χ1) is 12.2. The molecular weight excluding hydrogens is 315 g/mol. The molecule has 1 aliphatic heterocycles. The summed E-state index contributed by atoms with van der Waals surface area (Å²) >= 11 is 0. The molecule has 4 heteroatoms. The van der Waals surface area contributed by atoms with Crippen molar-refractivity contribution in [1.29, 1.82) is 0 Å². The average Bonchev–Trinajstić information content (AvgIpc) is 2.64. The Morgan fingerprint density at radius 2 is 1.76 bits per heavy atom. The molecular formula is C21H21FN2O. The Labute approximate surface area is 146 Å². The van der Waals surface area contributed by atoms with Gasteiger partial charge in [-0.25, -0.2) is 4.39 Å². The zero-order valence-corrected chi connectivity index (χ0v) is 14.0. The van der Waals surface area contributed by atoms with Crippen LogP contribution in [0.1, 0.15) is 30.0 Å². The van der Waals surface area contributed by atoms with Crippen LogP contribution in [-0.2, 0) is 6.54 Å². The van der Waals surface area contributed by atoms with E-state index in [1.165, 1.54) is 12.1 Å². The molecule has 1 N–H and O–H groups in total. The van der Waals surface area contributed by atoms with Crippen LogP contribution in [0.2, 0.25) is 0 Å². The van der Waals surface area contributed by atoms with Crippen molar-refractivity contribution in [3.8, 4) is 0 Å². The van der Waals surface area contributed by atoms with Crippen molar-refractivity contribution in [2.75, 3.05) is 13.1 Å². The number of aromatic amines is 1. The van der Waals surface area contributed by atoms with Gasteiger partial charge in [0, 0.05) is 23.5 Å². The molecule has 0 radical (unpaired) electrons. The van der Waals surface area contributed by atoms with E-state index in [1.54, 1.807) is 0 Å². The number of fused-ring (bicyclic) bond motifs is 1. The van der Waals surface area contributed by atoms with Crippen molar-refractivity contribution < 1.29 is 4.39 Å². The molecule has 3 nitrogen and oxygen atoms in total. The van der Waals surface area contributed by atoms with Gasteiger partial charge in [-0.2, -0.15) is 0 Å². The molecule has 1 aromatic heterocycles. The summed E-state index contributed by atoms with van der Waals surface area (Å²) in [5.41, 5.74) is 2.19. The standard InChI is InChI=1S/C21H21FN2O/c22-18-7-5-15(6-8-18)14-24-11-9-16(10-12-24)20-13-17-3-1-2-4-19(17)21(25)23-20/h1-8,13,16H,9-12,14H2,(H,23,25). The highest BCUT2D eigenvalue weighted by molar-refractivity contribution is 5.81. The van der Waals surface area contributed by atoms with Gasteiger partial charge in [-0.1, -0.05) is 30.3 Å². The minimum Gasteiger partial charge on any atom is -0.325 e. The van der Waals surface area contributed by atoms with Crippen molar-refractivity contribution in [2.45, 2.75) is 25.3 Å².